The largest absolute Gasteiger partial charge is 0.454 e. The number of amides is 1. The van der Waals surface area contributed by atoms with Crippen LogP contribution in [0.5, 0.6) is 11.5 Å². The molecule has 120 valence electrons. The van der Waals surface area contributed by atoms with Gasteiger partial charge in [-0.15, -0.1) is 11.3 Å². The first-order valence-electron chi connectivity index (χ1n) is 7.49. The molecule has 6 nitrogen and oxygen atoms in total. The van der Waals surface area contributed by atoms with E-state index in [0.29, 0.717) is 19.5 Å². The molecule has 1 atom stereocenters. The van der Waals surface area contributed by atoms with Crippen molar-refractivity contribution in [1.29, 1.82) is 0 Å². The Labute approximate surface area is 137 Å². The van der Waals surface area contributed by atoms with Gasteiger partial charge in [0.1, 0.15) is 5.01 Å². The number of hydrogen-bond acceptors (Lipinski definition) is 6. The molecule has 23 heavy (non-hydrogen) atoms. The van der Waals surface area contributed by atoms with E-state index in [0.717, 1.165) is 27.8 Å². The van der Waals surface area contributed by atoms with Crippen molar-refractivity contribution in [2.45, 2.75) is 18.9 Å². The number of fused-ring (bicyclic) bond motifs is 1. The Morgan fingerprint density at radius 1 is 1.39 bits per heavy atom. The summed E-state index contributed by atoms with van der Waals surface area (Å²) in [6.45, 7) is 1.30. The van der Waals surface area contributed by atoms with Crippen LogP contribution in [0.25, 0.3) is 10.6 Å². The average Bonchev–Trinajstić information content (AvgIpc) is 3.26. The number of hydrogen-bond donors (Lipinski definition) is 1. The fourth-order valence-corrected chi connectivity index (χ4v) is 3.60. The Morgan fingerprint density at radius 3 is 3.09 bits per heavy atom. The summed E-state index contributed by atoms with van der Waals surface area (Å²) < 4.78 is 10.7. The molecule has 3 heterocycles. The van der Waals surface area contributed by atoms with Gasteiger partial charge in [-0.05, 0) is 24.6 Å². The minimum absolute atomic E-state index is 0.0177. The van der Waals surface area contributed by atoms with Gasteiger partial charge in [0, 0.05) is 24.0 Å². The predicted molar refractivity (Wildman–Crippen MR) is 84.6 cm³/mol. The number of thiazole rings is 1. The third-order valence-corrected chi connectivity index (χ3v) is 4.96. The number of benzene rings is 1. The second-order valence-electron chi connectivity index (χ2n) is 5.67. The minimum atomic E-state index is -0.390. The van der Waals surface area contributed by atoms with E-state index in [-0.39, 0.29) is 19.1 Å². The van der Waals surface area contributed by atoms with Crippen LogP contribution in [0.4, 0.5) is 0 Å². The van der Waals surface area contributed by atoms with Crippen molar-refractivity contribution in [2.75, 3.05) is 19.9 Å². The zero-order chi connectivity index (χ0) is 15.8. The maximum absolute atomic E-state index is 12.2. The Kier molecular flexibility index (Phi) is 3.66. The van der Waals surface area contributed by atoms with Crippen LogP contribution in [0.2, 0.25) is 0 Å². The maximum atomic E-state index is 12.2. The number of carbonyl (C=O) groups is 1. The Balaban J connectivity index is 1.47. The highest BCUT2D eigenvalue weighted by Crippen LogP contribution is 2.36. The quantitative estimate of drug-likeness (QED) is 0.926. The number of aliphatic hydroxyl groups excluding tert-OH is 1. The van der Waals surface area contributed by atoms with Gasteiger partial charge < -0.3 is 19.5 Å². The average molecular weight is 332 g/mol. The zero-order valence-electron chi connectivity index (χ0n) is 12.4. The smallest absolute Gasteiger partial charge is 0.231 e. The summed E-state index contributed by atoms with van der Waals surface area (Å²) in [5.74, 6) is 1.48. The molecular weight excluding hydrogens is 316 g/mol. The lowest BCUT2D eigenvalue weighted by atomic mass is 10.2. The van der Waals surface area contributed by atoms with Crippen molar-refractivity contribution in [3.05, 3.63) is 29.3 Å². The molecule has 0 radical (unpaired) electrons. The first-order valence-corrected chi connectivity index (χ1v) is 8.37. The lowest BCUT2D eigenvalue weighted by Gasteiger charge is -2.14. The van der Waals surface area contributed by atoms with Gasteiger partial charge in [-0.3, -0.25) is 4.79 Å². The van der Waals surface area contributed by atoms with E-state index in [1.807, 2.05) is 23.6 Å². The molecule has 1 amide bonds. The van der Waals surface area contributed by atoms with Gasteiger partial charge in [-0.2, -0.15) is 0 Å². The molecule has 0 unspecified atom stereocenters. The molecule has 1 saturated heterocycles. The molecule has 4 rings (SSSR count). The van der Waals surface area contributed by atoms with Crippen molar-refractivity contribution in [3.63, 3.8) is 0 Å². The summed E-state index contributed by atoms with van der Waals surface area (Å²) in [5.41, 5.74) is 1.71. The van der Waals surface area contributed by atoms with E-state index in [9.17, 15) is 9.90 Å². The van der Waals surface area contributed by atoms with E-state index in [4.69, 9.17) is 9.47 Å². The topological polar surface area (TPSA) is 71.9 Å². The molecule has 0 saturated carbocycles. The van der Waals surface area contributed by atoms with Crippen molar-refractivity contribution in [3.8, 4) is 22.1 Å². The standard InChI is InChI=1S/C16H16N2O4S/c19-12-3-4-18(7-12)15(20)6-11-8-23-16(17-11)10-1-2-13-14(5-10)22-9-21-13/h1-2,5,8,12,19H,3-4,6-7,9H2/t12-/m1/s1. The fraction of sp³-hybridized carbons (Fsp3) is 0.375. The van der Waals surface area contributed by atoms with Gasteiger partial charge in [0.25, 0.3) is 0 Å². The monoisotopic (exact) mass is 332 g/mol. The number of likely N-dealkylation sites (tertiary alicyclic amines) is 1. The third kappa shape index (κ3) is 2.89. The van der Waals surface area contributed by atoms with Crippen LogP contribution in [-0.2, 0) is 11.2 Å². The summed E-state index contributed by atoms with van der Waals surface area (Å²) in [6.07, 6.45) is 0.539. The van der Waals surface area contributed by atoms with Crippen molar-refractivity contribution < 1.29 is 19.4 Å². The van der Waals surface area contributed by atoms with Crippen LogP contribution in [0, 0.1) is 0 Å². The lowest BCUT2D eigenvalue weighted by molar-refractivity contribution is -0.129. The molecule has 2 aliphatic rings. The van der Waals surface area contributed by atoms with Crippen LogP contribution in [0.3, 0.4) is 0 Å². The summed E-state index contributed by atoms with van der Waals surface area (Å²) in [4.78, 5) is 18.4. The van der Waals surface area contributed by atoms with Crippen LogP contribution < -0.4 is 9.47 Å². The van der Waals surface area contributed by atoms with Gasteiger partial charge in [0.2, 0.25) is 12.7 Å². The van der Waals surface area contributed by atoms with Crippen molar-refractivity contribution in [1.82, 2.24) is 9.88 Å². The minimum Gasteiger partial charge on any atom is -0.454 e. The van der Waals surface area contributed by atoms with Gasteiger partial charge in [0.15, 0.2) is 11.5 Å². The molecule has 2 aromatic rings. The van der Waals surface area contributed by atoms with E-state index in [2.05, 4.69) is 4.98 Å². The van der Waals surface area contributed by atoms with Crippen LogP contribution >= 0.6 is 11.3 Å². The Bertz CT molecular complexity index is 745. The number of nitrogens with zero attached hydrogens (tertiary/aromatic N) is 2. The van der Waals surface area contributed by atoms with Crippen LogP contribution in [-0.4, -0.2) is 46.9 Å². The number of rotatable bonds is 3. The predicted octanol–water partition coefficient (Wildman–Crippen LogP) is 1.67. The molecule has 1 N–H and O–H groups in total. The highest BCUT2D eigenvalue weighted by Gasteiger charge is 2.25. The Hall–Kier alpha value is -2.12. The lowest BCUT2D eigenvalue weighted by Crippen LogP contribution is -2.30. The number of β-amino-alcohol motifs (C(OH)–C–C–N with tert-alkyl or cyclic N) is 1. The summed E-state index contributed by atoms with van der Waals surface area (Å²) in [7, 11) is 0. The van der Waals surface area contributed by atoms with E-state index >= 15 is 0 Å². The molecular formula is C16H16N2O4S. The van der Waals surface area contributed by atoms with Crippen molar-refractivity contribution in [2.24, 2.45) is 0 Å². The number of carbonyl (C=O) groups excluding carboxylic acids is 1. The van der Waals surface area contributed by atoms with Crippen LogP contribution in [0.1, 0.15) is 12.1 Å². The molecule has 1 aromatic carbocycles. The highest BCUT2D eigenvalue weighted by molar-refractivity contribution is 7.13. The second kappa shape index (κ2) is 5.82. The summed E-state index contributed by atoms with van der Waals surface area (Å²) >= 11 is 1.51. The van der Waals surface area contributed by atoms with E-state index in [1.165, 1.54) is 11.3 Å². The molecule has 1 fully saturated rings. The number of ether oxygens (including phenoxy) is 2. The SMILES string of the molecule is O=C(Cc1csc(-c2ccc3c(c2)OCO3)n1)N1CC[C@@H](O)C1. The Morgan fingerprint density at radius 2 is 2.26 bits per heavy atom. The molecule has 0 aliphatic carbocycles. The molecule has 1 aromatic heterocycles. The first kappa shape index (κ1) is 14.5. The normalized spacial score (nSPS) is 19.3. The van der Waals surface area contributed by atoms with Gasteiger partial charge in [-0.25, -0.2) is 4.98 Å². The summed E-state index contributed by atoms with van der Waals surface area (Å²) in [6, 6.07) is 5.72. The highest BCUT2D eigenvalue weighted by atomic mass is 32.1. The molecule has 2 aliphatic heterocycles. The van der Waals surface area contributed by atoms with E-state index < -0.39 is 6.10 Å². The van der Waals surface area contributed by atoms with E-state index in [1.54, 1.807) is 4.90 Å². The zero-order valence-corrected chi connectivity index (χ0v) is 13.2. The van der Waals surface area contributed by atoms with Gasteiger partial charge in [-0.1, -0.05) is 0 Å². The van der Waals surface area contributed by atoms with Gasteiger partial charge >= 0.3 is 0 Å². The first-order chi connectivity index (χ1) is 11.2. The fourth-order valence-electron chi connectivity index (χ4n) is 2.79. The number of aromatic nitrogens is 1. The van der Waals surface area contributed by atoms with Gasteiger partial charge in [0.05, 0.1) is 18.2 Å². The molecule has 7 heteroatoms. The molecule has 0 spiro atoms. The molecule has 0 bridgehead atoms. The van der Waals surface area contributed by atoms with Crippen molar-refractivity contribution >= 4 is 17.2 Å². The number of aliphatic hydroxyl groups is 1. The summed E-state index contributed by atoms with van der Waals surface area (Å²) in [5, 5.41) is 12.3. The maximum Gasteiger partial charge on any atom is 0.231 e. The third-order valence-electron chi connectivity index (χ3n) is 4.02. The second-order valence-corrected chi connectivity index (χ2v) is 6.53. The van der Waals surface area contributed by atoms with Crippen LogP contribution in [0.15, 0.2) is 23.6 Å².